The lowest BCUT2D eigenvalue weighted by atomic mass is 9.83. The van der Waals surface area contributed by atoms with Crippen LogP contribution in [0.25, 0.3) is 0 Å². The zero-order valence-electron chi connectivity index (χ0n) is 20.8. The average Bonchev–Trinajstić information content (AvgIpc) is 2.61. The van der Waals surface area contributed by atoms with Gasteiger partial charge in [0.25, 0.3) is 0 Å². The van der Waals surface area contributed by atoms with Crippen molar-refractivity contribution in [3.05, 3.63) is 0 Å². The van der Waals surface area contributed by atoms with E-state index < -0.39 is 0 Å². The third kappa shape index (κ3) is 20.9. The monoisotopic (exact) mass is 414 g/mol. The Labute approximate surface area is 183 Å². The van der Waals surface area contributed by atoms with Crippen LogP contribution in [-0.4, -0.2) is 31.2 Å². The molecule has 0 amide bonds. The minimum absolute atomic E-state index is 0.169. The molecule has 0 heterocycles. The lowest BCUT2D eigenvalue weighted by Crippen LogP contribution is -2.13. The van der Waals surface area contributed by atoms with Gasteiger partial charge in [-0.1, -0.05) is 66.7 Å². The van der Waals surface area contributed by atoms with E-state index in [1.54, 1.807) is 0 Å². The van der Waals surface area contributed by atoms with E-state index in [9.17, 15) is 5.11 Å². The van der Waals surface area contributed by atoms with Crippen molar-refractivity contribution >= 4 is 0 Å². The van der Waals surface area contributed by atoms with Gasteiger partial charge < -0.3 is 14.6 Å². The summed E-state index contributed by atoms with van der Waals surface area (Å²) in [6, 6.07) is 0. The normalized spacial score (nSPS) is 17.1. The van der Waals surface area contributed by atoms with Gasteiger partial charge in [0.15, 0.2) is 0 Å². The summed E-state index contributed by atoms with van der Waals surface area (Å²) in [4.78, 5) is 0. The zero-order valence-corrected chi connectivity index (χ0v) is 20.8. The maximum Gasteiger partial charge on any atom is 0.146 e. The number of hydrogen-bond donors (Lipinski definition) is 1. The van der Waals surface area contributed by atoms with E-state index in [1.807, 2.05) is 6.92 Å². The molecule has 0 aliphatic carbocycles. The lowest BCUT2D eigenvalue weighted by molar-refractivity contribution is -0.0561. The molecule has 5 atom stereocenters. The van der Waals surface area contributed by atoms with Gasteiger partial charge in [-0.15, -0.1) is 0 Å². The average molecular weight is 415 g/mol. The summed E-state index contributed by atoms with van der Waals surface area (Å²) in [6.45, 7) is 15.7. The standard InChI is InChI=1S/C26H54O3/c1-7-8-9-10-11-12-15-28-21-29-16-13-14-22(2)17-23(3)18-24(4)19-25(5)20-26(6)27/h22-27H,7-21H2,1-6H3. The van der Waals surface area contributed by atoms with Crippen molar-refractivity contribution < 1.29 is 14.6 Å². The van der Waals surface area contributed by atoms with Crippen LogP contribution in [-0.2, 0) is 9.47 Å². The van der Waals surface area contributed by atoms with Crippen molar-refractivity contribution in [2.75, 3.05) is 20.0 Å². The number of aliphatic hydroxyl groups is 1. The van der Waals surface area contributed by atoms with Crippen molar-refractivity contribution in [3.63, 3.8) is 0 Å². The third-order valence-electron chi connectivity index (χ3n) is 5.95. The molecule has 29 heavy (non-hydrogen) atoms. The van der Waals surface area contributed by atoms with Crippen LogP contribution in [0.3, 0.4) is 0 Å². The Bertz CT molecular complexity index is 332. The fourth-order valence-electron chi connectivity index (χ4n) is 4.74. The fourth-order valence-corrected chi connectivity index (χ4v) is 4.74. The van der Waals surface area contributed by atoms with Crippen LogP contribution in [0.1, 0.15) is 119 Å². The smallest absolute Gasteiger partial charge is 0.146 e. The topological polar surface area (TPSA) is 38.7 Å². The summed E-state index contributed by atoms with van der Waals surface area (Å²) >= 11 is 0. The number of ether oxygens (including phenoxy) is 2. The number of unbranched alkanes of at least 4 members (excludes halogenated alkanes) is 5. The first-order chi connectivity index (χ1) is 13.8. The van der Waals surface area contributed by atoms with Gasteiger partial charge in [0, 0.05) is 13.2 Å². The van der Waals surface area contributed by atoms with Gasteiger partial charge in [-0.2, -0.15) is 0 Å². The van der Waals surface area contributed by atoms with Crippen molar-refractivity contribution in [1.29, 1.82) is 0 Å². The van der Waals surface area contributed by atoms with E-state index in [4.69, 9.17) is 9.47 Å². The molecule has 0 aliphatic rings. The Hall–Kier alpha value is -0.120. The Balaban J connectivity index is 3.53. The molecule has 3 nitrogen and oxygen atoms in total. The second kappa shape index (κ2) is 19.8. The number of aliphatic hydroxyl groups excluding tert-OH is 1. The van der Waals surface area contributed by atoms with E-state index in [-0.39, 0.29) is 6.10 Å². The Morgan fingerprint density at radius 2 is 1.07 bits per heavy atom. The Morgan fingerprint density at radius 3 is 1.66 bits per heavy atom. The van der Waals surface area contributed by atoms with Gasteiger partial charge in [-0.05, 0) is 75.5 Å². The quantitative estimate of drug-likeness (QED) is 0.155. The lowest BCUT2D eigenvalue weighted by Gasteiger charge is -2.23. The largest absolute Gasteiger partial charge is 0.393 e. The molecule has 1 N–H and O–H groups in total. The van der Waals surface area contributed by atoms with Crippen LogP contribution in [0.4, 0.5) is 0 Å². The first-order valence-corrected chi connectivity index (χ1v) is 12.7. The summed E-state index contributed by atoms with van der Waals surface area (Å²) in [5.74, 6) is 2.91. The maximum atomic E-state index is 9.53. The molecule has 0 aromatic carbocycles. The SMILES string of the molecule is CCCCCCCCOCOCCCC(C)CC(C)CC(C)CC(C)CC(C)O. The Kier molecular flexibility index (Phi) is 19.7. The van der Waals surface area contributed by atoms with Gasteiger partial charge in [0.05, 0.1) is 6.10 Å². The van der Waals surface area contributed by atoms with E-state index in [2.05, 4.69) is 34.6 Å². The highest BCUT2D eigenvalue weighted by molar-refractivity contribution is 4.67. The first-order valence-electron chi connectivity index (χ1n) is 12.7. The molecule has 0 fully saturated rings. The molecule has 0 spiro atoms. The van der Waals surface area contributed by atoms with Crippen molar-refractivity contribution in [3.8, 4) is 0 Å². The van der Waals surface area contributed by atoms with Crippen LogP contribution in [0, 0.1) is 23.7 Å². The van der Waals surface area contributed by atoms with E-state index in [0.29, 0.717) is 12.7 Å². The van der Waals surface area contributed by atoms with Gasteiger partial charge in [0.2, 0.25) is 0 Å². The molecule has 0 aromatic heterocycles. The van der Waals surface area contributed by atoms with Gasteiger partial charge in [-0.25, -0.2) is 0 Å². The maximum absolute atomic E-state index is 9.53. The fraction of sp³-hybridized carbons (Fsp3) is 1.00. The predicted octanol–water partition coefficient (Wildman–Crippen LogP) is 7.60. The highest BCUT2D eigenvalue weighted by atomic mass is 16.7. The number of rotatable bonds is 21. The van der Waals surface area contributed by atoms with Gasteiger partial charge in [0.1, 0.15) is 6.79 Å². The van der Waals surface area contributed by atoms with E-state index in [1.165, 1.54) is 57.8 Å². The Morgan fingerprint density at radius 1 is 0.586 bits per heavy atom. The van der Waals surface area contributed by atoms with Crippen molar-refractivity contribution in [2.45, 2.75) is 125 Å². The summed E-state index contributed by atoms with van der Waals surface area (Å²) in [6.07, 6.45) is 14.8. The van der Waals surface area contributed by atoms with E-state index in [0.717, 1.165) is 50.2 Å². The minimum Gasteiger partial charge on any atom is -0.393 e. The second-order valence-electron chi connectivity index (χ2n) is 10.1. The number of hydrogen-bond acceptors (Lipinski definition) is 3. The molecule has 0 radical (unpaired) electrons. The molecule has 0 saturated heterocycles. The van der Waals surface area contributed by atoms with Crippen LogP contribution in [0.2, 0.25) is 0 Å². The van der Waals surface area contributed by atoms with Gasteiger partial charge >= 0.3 is 0 Å². The van der Waals surface area contributed by atoms with Crippen LogP contribution in [0.15, 0.2) is 0 Å². The summed E-state index contributed by atoms with van der Waals surface area (Å²) in [7, 11) is 0. The molecule has 3 heteroatoms. The summed E-state index contributed by atoms with van der Waals surface area (Å²) in [5, 5.41) is 9.53. The predicted molar refractivity (Wildman–Crippen MR) is 126 cm³/mol. The van der Waals surface area contributed by atoms with Crippen LogP contribution in [0.5, 0.6) is 0 Å². The van der Waals surface area contributed by atoms with Crippen molar-refractivity contribution in [2.24, 2.45) is 23.7 Å². The second-order valence-corrected chi connectivity index (χ2v) is 10.1. The molecule has 0 aromatic rings. The minimum atomic E-state index is -0.169. The van der Waals surface area contributed by atoms with Gasteiger partial charge in [-0.3, -0.25) is 0 Å². The van der Waals surface area contributed by atoms with E-state index >= 15 is 0 Å². The van der Waals surface area contributed by atoms with Crippen molar-refractivity contribution in [1.82, 2.24) is 0 Å². The molecule has 5 unspecified atom stereocenters. The molecule has 0 rings (SSSR count). The highest BCUT2D eigenvalue weighted by Gasteiger charge is 2.16. The zero-order chi connectivity index (χ0) is 21.9. The molecule has 176 valence electrons. The highest BCUT2D eigenvalue weighted by Crippen LogP contribution is 2.27. The first kappa shape index (κ1) is 28.9. The molecular weight excluding hydrogens is 360 g/mol. The third-order valence-corrected chi connectivity index (χ3v) is 5.95. The van der Waals surface area contributed by atoms with Crippen LogP contribution >= 0.6 is 0 Å². The molecule has 0 aliphatic heterocycles. The molecule has 0 saturated carbocycles. The summed E-state index contributed by atoms with van der Waals surface area (Å²) < 4.78 is 11.2. The molecule has 0 bridgehead atoms. The molecular formula is C26H54O3. The van der Waals surface area contributed by atoms with Crippen LogP contribution < -0.4 is 0 Å². The summed E-state index contributed by atoms with van der Waals surface area (Å²) in [5.41, 5.74) is 0.